The van der Waals surface area contributed by atoms with Crippen molar-refractivity contribution in [3.05, 3.63) is 58.1 Å². The van der Waals surface area contributed by atoms with Crippen molar-refractivity contribution >= 4 is 35.0 Å². The average Bonchev–Trinajstić information content (AvgIpc) is 2.57. The van der Waals surface area contributed by atoms with Gasteiger partial charge in [0.25, 0.3) is 0 Å². The summed E-state index contributed by atoms with van der Waals surface area (Å²) >= 11 is 11.8. The second-order valence-corrected chi connectivity index (χ2v) is 5.52. The van der Waals surface area contributed by atoms with Crippen molar-refractivity contribution in [3.8, 4) is 11.5 Å². The summed E-state index contributed by atoms with van der Waals surface area (Å²) in [6.45, 7) is -0.725. The maximum atomic E-state index is 12.0. The van der Waals surface area contributed by atoms with Crippen LogP contribution in [0, 0.1) is 0 Å². The Labute approximate surface area is 149 Å². The Morgan fingerprint density at radius 3 is 2.50 bits per heavy atom. The van der Waals surface area contributed by atoms with Crippen LogP contribution in [0.25, 0.3) is 0 Å². The summed E-state index contributed by atoms with van der Waals surface area (Å²) in [5, 5.41) is 0.798. The smallest absolute Gasteiger partial charge is 0.344 e. The Kier molecular flexibility index (Phi) is 6.46. The van der Waals surface area contributed by atoms with Gasteiger partial charge in [0.05, 0.1) is 12.1 Å². The van der Waals surface area contributed by atoms with Crippen LogP contribution in [0.5, 0.6) is 11.5 Å². The molecule has 0 atom stereocenters. The van der Waals surface area contributed by atoms with Gasteiger partial charge < -0.3 is 14.2 Å². The molecule has 0 aliphatic carbocycles. The number of ketones is 1. The summed E-state index contributed by atoms with van der Waals surface area (Å²) < 4.78 is 15.1. The Balaban J connectivity index is 1.82. The first kappa shape index (κ1) is 18.1. The number of Topliss-reactive ketones (excluding diaryl/α,β-unsaturated/α-hetero) is 1. The van der Waals surface area contributed by atoms with Gasteiger partial charge in [0, 0.05) is 10.6 Å². The van der Waals surface area contributed by atoms with Crippen LogP contribution < -0.4 is 9.47 Å². The van der Waals surface area contributed by atoms with Gasteiger partial charge in [-0.1, -0.05) is 29.3 Å². The first-order valence-corrected chi connectivity index (χ1v) is 7.66. The summed E-state index contributed by atoms with van der Waals surface area (Å²) in [6, 6.07) is 11.2. The van der Waals surface area contributed by atoms with E-state index >= 15 is 0 Å². The highest BCUT2D eigenvalue weighted by Gasteiger charge is 2.12. The number of benzene rings is 2. The van der Waals surface area contributed by atoms with Gasteiger partial charge in [-0.05, 0) is 36.4 Å². The van der Waals surface area contributed by atoms with E-state index in [4.69, 9.17) is 37.4 Å². The van der Waals surface area contributed by atoms with Gasteiger partial charge in [0.15, 0.2) is 19.0 Å². The lowest BCUT2D eigenvalue weighted by molar-refractivity contribution is -0.144. The topological polar surface area (TPSA) is 61.8 Å². The Bertz CT molecular complexity index is 746. The molecular weight excluding hydrogens is 355 g/mol. The first-order chi connectivity index (χ1) is 11.5. The summed E-state index contributed by atoms with van der Waals surface area (Å²) in [7, 11) is 1.48. The van der Waals surface area contributed by atoms with Crippen molar-refractivity contribution in [2.45, 2.75) is 0 Å². The van der Waals surface area contributed by atoms with Gasteiger partial charge in [-0.15, -0.1) is 0 Å². The average molecular weight is 369 g/mol. The van der Waals surface area contributed by atoms with E-state index in [9.17, 15) is 9.59 Å². The quantitative estimate of drug-likeness (QED) is 0.549. The standard InChI is InChI=1S/C17H14Cl2O5/c1-22-16-6-5-11(7-14(16)19)15(20)9-24-17(21)10-23-13-4-2-3-12(18)8-13/h2-8H,9-10H2,1H3. The number of rotatable bonds is 7. The molecule has 126 valence electrons. The van der Waals surface area contributed by atoms with E-state index in [-0.39, 0.29) is 12.4 Å². The number of ether oxygens (including phenoxy) is 3. The Morgan fingerprint density at radius 1 is 1.04 bits per heavy atom. The van der Waals surface area contributed by atoms with Crippen molar-refractivity contribution in [2.24, 2.45) is 0 Å². The molecule has 0 N–H and O–H groups in total. The molecule has 0 aliphatic heterocycles. The molecule has 0 fully saturated rings. The maximum absolute atomic E-state index is 12.0. The second-order valence-electron chi connectivity index (χ2n) is 4.68. The van der Waals surface area contributed by atoms with Crippen LogP contribution in [0.4, 0.5) is 0 Å². The summed E-state index contributed by atoms with van der Waals surface area (Å²) in [6.07, 6.45) is 0. The number of carbonyl (C=O) groups is 2. The van der Waals surface area contributed by atoms with Crippen molar-refractivity contribution in [3.63, 3.8) is 0 Å². The van der Waals surface area contributed by atoms with Crippen LogP contribution in [-0.4, -0.2) is 32.1 Å². The number of carbonyl (C=O) groups excluding carboxylic acids is 2. The highest BCUT2D eigenvalue weighted by molar-refractivity contribution is 6.32. The van der Waals surface area contributed by atoms with Crippen molar-refractivity contribution in [1.82, 2.24) is 0 Å². The fraction of sp³-hybridized carbons (Fsp3) is 0.176. The van der Waals surface area contributed by atoms with Crippen molar-refractivity contribution in [1.29, 1.82) is 0 Å². The second kappa shape index (κ2) is 8.57. The fourth-order valence-corrected chi connectivity index (χ4v) is 2.25. The van der Waals surface area contributed by atoms with Gasteiger partial charge in [-0.25, -0.2) is 4.79 Å². The molecular formula is C17H14Cl2O5. The third-order valence-electron chi connectivity index (χ3n) is 2.99. The van der Waals surface area contributed by atoms with Gasteiger partial charge >= 0.3 is 5.97 Å². The van der Waals surface area contributed by atoms with E-state index < -0.39 is 12.6 Å². The fourth-order valence-electron chi connectivity index (χ4n) is 1.81. The first-order valence-electron chi connectivity index (χ1n) is 6.90. The largest absolute Gasteiger partial charge is 0.495 e. The molecule has 0 unspecified atom stereocenters. The van der Waals surface area contributed by atoms with E-state index in [1.165, 1.54) is 13.2 Å². The minimum absolute atomic E-state index is 0.305. The molecule has 0 radical (unpaired) electrons. The molecule has 0 saturated carbocycles. The lowest BCUT2D eigenvalue weighted by Crippen LogP contribution is -2.19. The lowest BCUT2D eigenvalue weighted by Gasteiger charge is -2.08. The predicted octanol–water partition coefficient (Wildman–Crippen LogP) is 3.81. The molecule has 0 heterocycles. The van der Waals surface area contributed by atoms with Crippen LogP contribution in [0.2, 0.25) is 10.0 Å². The molecule has 0 amide bonds. The highest BCUT2D eigenvalue weighted by atomic mass is 35.5. The van der Waals surface area contributed by atoms with E-state index in [2.05, 4.69) is 0 Å². The van der Waals surface area contributed by atoms with Gasteiger partial charge in [-0.3, -0.25) is 4.79 Å². The molecule has 24 heavy (non-hydrogen) atoms. The molecule has 0 bridgehead atoms. The summed E-state index contributed by atoms with van der Waals surface area (Å²) in [5.41, 5.74) is 0.323. The SMILES string of the molecule is COc1ccc(C(=O)COC(=O)COc2cccc(Cl)c2)cc1Cl. The molecule has 0 aliphatic rings. The van der Waals surface area contributed by atoms with E-state index in [0.717, 1.165) is 0 Å². The Morgan fingerprint density at radius 2 is 1.83 bits per heavy atom. The minimum atomic E-state index is -0.664. The molecule has 2 rings (SSSR count). The molecule has 0 aromatic heterocycles. The normalized spacial score (nSPS) is 10.1. The third-order valence-corrected chi connectivity index (χ3v) is 3.52. The molecule has 7 heteroatoms. The van der Waals surface area contributed by atoms with Gasteiger partial charge in [0.1, 0.15) is 11.5 Å². The van der Waals surface area contributed by atoms with Crippen LogP contribution in [-0.2, 0) is 9.53 Å². The third kappa shape index (κ3) is 5.15. The molecule has 5 nitrogen and oxygen atoms in total. The molecule has 0 spiro atoms. The van der Waals surface area contributed by atoms with Crippen molar-refractivity contribution < 1.29 is 23.8 Å². The zero-order valence-corrected chi connectivity index (χ0v) is 14.3. The van der Waals surface area contributed by atoms with Gasteiger partial charge in [0.2, 0.25) is 0 Å². The number of halogens is 2. The Hall–Kier alpha value is -2.24. The highest BCUT2D eigenvalue weighted by Crippen LogP contribution is 2.25. The number of methoxy groups -OCH3 is 1. The number of hydrogen-bond acceptors (Lipinski definition) is 5. The van der Waals surface area contributed by atoms with Crippen LogP contribution >= 0.6 is 23.2 Å². The zero-order chi connectivity index (χ0) is 17.5. The maximum Gasteiger partial charge on any atom is 0.344 e. The zero-order valence-electron chi connectivity index (χ0n) is 12.8. The van der Waals surface area contributed by atoms with Gasteiger partial charge in [-0.2, -0.15) is 0 Å². The van der Waals surface area contributed by atoms with E-state index in [1.807, 2.05) is 0 Å². The summed E-state index contributed by atoms with van der Waals surface area (Å²) in [5.74, 6) is -0.147. The number of esters is 1. The van der Waals surface area contributed by atoms with Crippen LogP contribution in [0.1, 0.15) is 10.4 Å². The van der Waals surface area contributed by atoms with Crippen LogP contribution in [0.15, 0.2) is 42.5 Å². The van der Waals surface area contributed by atoms with E-state index in [1.54, 1.807) is 36.4 Å². The molecule has 2 aromatic rings. The lowest BCUT2D eigenvalue weighted by atomic mass is 10.1. The van der Waals surface area contributed by atoms with Crippen LogP contribution in [0.3, 0.4) is 0 Å². The van der Waals surface area contributed by atoms with Crippen molar-refractivity contribution in [2.75, 3.05) is 20.3 Å². The van der Waals surface area contributed by atoms with E-state index in [0.29, 0.717) is 27.1 Å². The summed E-state index contributed by atoms with van der Waals surface area (Å²) in [4.78, 5) is 23.6. The molecule has 2 aromatic carbocycles. The number of hydrogen-bond donors (Lipinski definition) is 0. The minimum Gasteiger partial charge on any atom is -0.495 e. The predicted molar refractivity (Wildman–Crippen MR) is 90.2 cm³/mol. The molecule has 0 saturated heterocycles. The monoisotopic (exact) mass is 368 g/mol.